The predicted molar refractivity (Wildman–Crippen MR) is 64.6 cm³/mol. The topological polar surface area (TPSA) is 54.9 Å². The van der Waals surface area contributed by atoms with E-state index in [-0.39, 0.29) is 17.4 Å². The van der Waals surface area contributed by atoms with Crippen LogP contribution in [-0.2, 0) is 6.54 Å². The Morgan fingerprint density at radius 2 is 2.18 bits per heavy atom. The van der Waals surface area contributed by atoms with E-state index in [0.29, 0.717) is 5.56 Å². The summed E-state index contributed by atoms with van der Waals surface area (Å²) in [6.45, 7) is 5.37. The molecule has 0 unspecified atom stereocenters. The molecule has 88 valence electrons. The van der Waals surface area contributed by atoms with Crippen molar-refractivity contribution in [1.82, 2.24) is 9.55 Å². The third-order valence-corrected chi connectivity index (χ3v) is 2.61. The molecule has 0 radical (unpaired) electrons. The van der Waals surface area contributed by atoms with Crippen LogP contribution in [0.1, 0.15) is 12.5 Å². The zero-order chi connectivity index (χ0) is 12.6. The standard InChI is InChI=1S/C12H11FN2O2/c1-3-7-5-8(13)10-9(6-7)14-12(17)15(4-2)11(10)16/h3,5-6H,1,4H2,2H3,(H,14,17). The number of nitrogens with one attached hydrogen (secondary N) is 1. The quantitative estimate of drug-likeness (QED) is 0.855. The lowest BCUT2D eigenvalue weighted by Crippen LogP contribution is -2.34. The maximum atomic E-state index is 13.8. The van der Waals surface area contributed by atoms with Crippen LogP contribution in [0.2, 0.25) is 0 Å². The minimum absolute atomic E-state index is 0.1000. The Labute approximate surface area is 96.0 Å². The number of hydrogen-bond acceptors (Lipinski definition) is 2. The van der Waals surface area contributed by atoms with Crippen LogP contribution in [0.5, 0.6) is 0 Å². The van der Waals surface area contributed by atoms with E-state index in [2.05, 4.69) is 11.6 Å². The number of aromatic nitrogens is 2. The van der Waals surface area contributed by atoms with Crippen molar-refractivity contribution in [1.29, 1.82) is 0 Å². The van der Waals surface area contributed by atoms with E-state index in [9.17, 15) is 14.0 Å². The van der Waals surface area contributed by atoms with Gasteiger partial charge < -0.3 is 4.98 Å². The minimum Gasteiger partial charge on any atom is -0.307 e. The Morgan fingerprint density at radius 1 is 1.47 bits per heavy atom. The van der Waals surface area contributed by atoms with Crippen molar-refractivity contribution >= 4 is 17.0 Å². The smallest absolute Gasteiger partial charge is 0.307 e. The number of rotatable bonds is 2. The van der Waals surface area contributed by atoms with E-state index in [1.807, 2.05) is 0 Å². The molecule has 0 atom stereocenters. The molecule has 0 bridgehead atoms. The third kappa shape index (κ3) is 1.69. The fraction of sp³-hybridized carbons (Fsp3) is 0.167. The van der Waals surface area contributed by atoms with Crippen LogP contribution in [0.4, 0.5) is 4.39 Å². The van der Waals surface area contributed by atoms with Crippen LogP contribution in [-0.4, -0.2) is 9.55 Å². The van der Waals surface area contributed by atoms with E-state index in [4.69, 9.17) is 0 Å². The summed E-state index contributed by atoms with van der Waals surface area (Å²) in [6, 6.07) is 2.74. The number of benzene rings is 1. The molecular weight excluding hydrogens is 223 g/mol. The van der Waals surface area contributed by atoms with Crippen molar-refractivity contribution in [2.45, 2.75) is 13.5 Å². The molecule has 4 nitrogen and oxygen atoms in total. The number of hydrogen-bond donors (Lipinski definition) is 1. The van der Waals surface area contributed by atoms with Crippen molar-refractivity contribution in [3.8, 4) is 0 Å². The van der Waals surface area contributed by atoms with Gasteiger partial charge in [0, 0.05) is 6.54 Å². The first kappa shape index (κ1) is 11.3. The molecule has 0 aliphatic rings. The molecule has 0 fully saturated rings. The zero-order valence-corrected chi connectivity index (χ0v) is 9.29. The fourth-order valence-corrected chi connectivity index (χ4v) is 1.76. The molecule has 1 aromatic carbocycles. The first-order valence-corrected chi connectivity index (χ1v) is 5.17. The summed E-state index contributed by atoms with van der Waals surface area (Å²) >= 11 is 0. The lowest BCUT2D eigenvalue weighted by Gasteiger charge is -2.05. The van der Waals surface area contributed by atoms with E-state index >= 15 is 0 Å². The van der Waals surface area contributed by atoms with Crippen LogP contribution in [0.15, 0.2) is 28.3 Å². The minimum atomic E-state index is -0.652. The molecule has 5 heteroatoms. The lowest BCUT2D eigenvalue weighted by atomic mass is 10.1. The number of nitrogens with zero attached hydrogens (tertiary/aromatic N) is 1. The highest BCUT2D eigenvalue weighted by atomic mass is 19.1. The Kier molecular flexibility index (Phi) is 2.67. The molecule has 0 aliphatic carbocycles. The zero-order valence-electron chi connectivity index (χ0n) is 9.29. The maximum Gasteiger partial charge on any atom is 0.328 e. The van der Waals surface area contributed by atoms with Crippen molar-refractivity contribution < 1.29 is 4.39 Å². The van der Waals surface area contributed by atoms with Gasteiger partial charge in [-0.1, -0.05) is 12.7 Å². The molecule has 1 N–H and O–H groups in total. The Morgan fingerprint density at radius 3 is 2.76 bits per heavy atom. The van der Waals surface area contributed by atoms with E-state index in [1.165, 1.54) is 18.2 Å². The first-order valence-electron chi connectivity index (χ1n) is 5.17. The Bertz CT molecular complexity index is 713. The third-order valence-electron chi connectivity index (χ3n) is 2.61. The second-order valence-electron chi connectivity index (χ2n) is 3.61. The molecule has 0 saturated heterocycles. The summed E-state index contributed by atoms with van der Waals surface area (Å²) in [5.41, 5.74) is -0.441. The summed E-state index contributed by atoms with van der Waals surface area (Å²) in [6.07, 6.45) is 1.45. The van der Waals surface area contributed by atoms with Gasteiger partial charge >= 0.3 is 5.69 Å². The van der Waals surface area contributed by atoms with Crippen LogP contribution in [0.3, 0.4) is 0 Å². The van der Waals surface area contributed by atoms with Crippen LogP contribution < -0.4 is 11.2 Å². The van der Waals surface area contributed by atoms with Gasteiger partial charge in [-0.15, -0.1) is 0 Å². The molecule has 1 heterocycles. The summed E-state index contributed by atoms with van der Waals surface area (Å²) in [7, 11) is 0. The molecule has 0 saturated carbocycles. The van der Waals surface area contributed by atoms with E-state index < -0.39 is 17.1 Å². The van der Waals surface area contributed by atoms with E-state index in [1.54, 1.807) is 6.92 Å². The highest BCUT2D eigenvalue weighted by Gasteiger charge is 2.11. The SMILES string of the molecule is C=Cc1cc(F)c2c(=O)n(CC)c(=O)[nH]c2c1. The first-order chi connectivity index (χ1) is 8.08. The van der Waals surface area contributed by atoms with Crippen molar-refractivity contribution in [3.05, 3.63) is 50.9 Å². The monoisotopic (exact) mass is 234 g/mol. The highest BCUT2D eigenvalue weighted by molar-refractivity contribution is 5.80. The average Bonchev–Trinajstić information content (AvgIpc) is 2.28. The molecular formula is C12H11FN2O2. The summed E-state index contributed by atoms with van der Waals surface area (Å²) in [5.74, 6) is -0.652. The van der Waals surface area contributed by atoms with Gasteiger partial charge in [0.2, 0.25) is 0 Å². The molecule has 2 rings (SSSR count). The average molecular weight is 234 g/mol. The maximum absolute atomic E-state index is 13.8. The van der Waals surface area contributed by atoms with E-state index in [0.717, 1.165) is 4.57 Å². The largest absolute Gasteiger partial charge is 0.328 e. The second-order valence-corrected chi connectivity index (χ2v) is 3.61. The van der Waals surface area contributed by atoms with Gasteiger partial charge in [0.25, 0.3) is 5.56 Å². The van der Waals surface area contributed by atoms with Crippen molar-refractivity contribution in [3.63, 3.8) is 0 Å². The molecule has 0 amide bonds. The lowest BCUT2D eigenvalue weighted by molar-refractivity contribution is 0.628. The normalized spacial score (nSPS) is 10.7. The van der Waals surface area contributed by atoms with Gasteiger partial charge in [-0.2, -0.15) is 0 Å². The second kappa shape index (κ2) is 4.01. The van der Waals surface area contributed by atoms with Crippen molar-refractivity contribution in [2.75, 3.05) is 0 Å². The molecule has 1 aromatic heterocycles. The molecule has 0 spiro atoms. The van der Waals surface area contributed by atoms with Crippen LogP contribution >= 0.6 is 0 Å². The molecule has 0 aliphatic heterocycles. The van der Waals surface area contributed by atoms with Gasteiger partial charge in [0.1, 0.15) is 5.82 Å². The van der Waals surface area contributed by atoms with Crippen LogP contribution in [0.25, 0.3) is 17.0 Å². The van der Waals surface area contributed by atoms with Crippen LogP contribution in [0, 0.1) is 5.82 Å². The summed E-state index contributed by atoms with van der Waals surface area (Å²) < 4.78 is 14.7. The Hall–Kier alpha value is -2.17. The number of fused-ring (bicyclic) bond motifs is 1. The van der Waals surface area contributed by atoms with Gasteiger partial charge in [-0.05, 0) is 24.6 Å². The van der Waals surface area contributed by atoms with Crippen molar-refractivity contribution in [2.24, 2.45) is 0 Å². The molecule has 2 aromatic rings. The Balaban J connectivity index is 3.02. The number of H-pyrrole nitrogens is 1. The van der Waals surface area contributed by atoms with Gasteiger partial charge in [-0.25, -0.2) is 9.18 Å². The number of halogens is 1. The number of aromatic amines is 1. The van der Waals surface area contributed by atoms with Gasteiger partial charge in [0.15, 0.2) is 0 Å². The van der Waals surface area contributed by atoms with Gasteiger partial charge in [0.05, 0.1) is 10.9 Å². The van der Waals surface area contributed by atoms with Gasteiger partial charge in [-0.3, -0.25) is 9.36 Å². The highest BCUT2D eigenvalue weighted by Crippen LogP contribution is 2.14. The fourth-order valence-electron chi connectivity index (χ4n) is 1.76. The summed E-state index contributed by atoms with van der Waals surface area (Å²) in [4.78, 5) is 25.9. The molecule has 17 heavy (non-hydrogen) atoms. The predicted octanol–water partition coefficient (Wildman–Crippen LogP) is 1.49. The summed E-state index contributed by atoms with van der Waals surface area (Å²) in [5, 5.41) is -0.1000.